The first-order valence-electron chi connectivity index (χ1n) is 7.96. The minimum absolute atomic E-state index is 0.0901. The highest BCUT2D eigenvalue weighted by Gasteiger charge is 2.23. The number of amides is 2. The van der Waals surface area contributed by atoms with Crippen molar-refractivity contribution in [1.29, 1.82) is 0 Å². The Morgan fingerprint density at radius 3 is 2.78 bits per heavy atom. The van der Waals surface area contributed by atoms with Crippen LogP contribution in [0.5, 0.6) is 0 Å². The van der Waals surface area contributed by atoms with Crippen molar-refractivity contribution in [2.75, 3.05) is 26.2 Å². The molecule has 0 bridgehead atoms. The van der Waals surface area contributed by atoms with Gasteiger partial charge in [0.05, 0.1) is 0 Å². The average molecular weight is 322 g/mol. The minimum atomic E-state index is -0.362. The van der Waals surface area contributed by atoms with Crippen molar-refractivity contribution in [1.82, 2.24) is 10.2 Å². The second-order valence-electron chi connectivity index (χ2n) is 5.64. The van der Waals surface area contributed by atoms with Crippen LogP contribution in [0.2, 0.25) is 0 Å². The number of ether oxygens (including phenoxy) is 1. The van der Waals surface area contributed by atoms with Gasteiger partial charge in [0, 0.05) is 33.2 Å². The maximum absolute atomic E-state index is 13.6. The molecule has 1 heterocycles. The first-order chi connectivity index (χ1) is 11.1. The number of hydrogen-bond acceptors (Lipinski definition) is 3. The van der Waals surface area contributed by atoms with Crippen LogP contribution in [0.15, 0.2) is 24.3 Å². The lowest BCUT2D eigenvalue weighted by atomic mass is 10.1. The van der Waals surface area contributed by atoms with E-state index in [0.717, 1.165) is 12.8 Å². The van der Waals surface area contributed by atoms with Gasteiger partial charge in [-0.05, 0) is 30.9 Å². The Hall–Kier alpha value is -1.95. The van der Waals surface area contributed by atoms with Crippen molar-refractivity contribution in [3.05, 3.63) is 35.6 Å². The zero-order valence-corrected chi connectivity index (χ0v) is 13.4. The third-order valence-corrected chi connectivity index (χ3v) is 3.96. The molecule has 1 aromatic carbocycles. The van der Waals surface area contributed by atoms with Gasteiger partial charge < -0.3 is 15.0 Å². The number of nitrogens with zero attached hydrogens (tertiary/aromatic N) is 1. The molecule has 126 valence electrons. The number of rotatable bonds is 7. The molecule has 23 heavy (non-hydrogen) atoms. The van der Waals surface area contributed by atoms with Crippen LogP contribution in [0, 0.1) is 5.82 Å². The fourth-order valence-electron chi connectivity index (χ4n) is 2.60. The van der Waals surface area contributed by atoms with Gasteiger partial charge in [-0.1, -0.05) is 18.2 Å². The van der Waals surface area contributed by atoms with E-state index in [1.807, 2.05) is 0 Å². The molecule has 0 radical (unpaired) electrons. The summed E-state index contributed by atoms with van der Waals surface area (Å²) in [6.07, 6.45) is 1.74. The molecule has 1 fully saturated rings. The molecule has 5 nitrogen and oxygen atoms in total. The van der Waals surface area contributed by atoms with Gasteiger partial charge in [-0.3, -0.25) is 9.59 Å². The quantitative estimate of drug-likeness (QED) is 0.828. The van der Waals surface area contributed by atoms with Crippen LogP contribution in [0.25, 0.3) is 0 Å². The summed E-state index contributed by atoms with van der Waals surface area (Å²) in [5.74, 6) is -0.476. The molecule has 1 aromatic rings. The zero-order valence-electron chi connectivity index (χ0n) is 13.4. The number of benzene rings is 1. The molecule has 1 unspecified atom stereocenters. The number of nitrogens with one attached hydrogen (secondary N) is 1. The third-order valence-electron chi connectivity index (χ3n) is 3.96. The topological polar surface area (TPSA) is 58.6 Å². The van der Waals surface area contributed by atoms with E-state index in [1.54, 1.807) is 23.1 Å². The van der Waals surface area contributed by atoms with Gasteiger partial charge in [0.1, 0.15) is 11.9 Å². The maximum atomic E-state index is 13.6. The number of carbonyl (C=O) groups is 2. The molecule has 1 aliphatic heterocycles. The molecule has 1 N–H and O–H groups in total. The van der Waals surface area contributed by atoms with E-state index in [-0.39, 0.29) is 23.7 Å². The Kier molecular flexibility index (Phi) is 6.52. The Balaban J connectivity index is 1.76. The molecule has 1 aliphatic rings. The van der Waals surface area contributed by atoms with Crippen molar-refractivity contribution in [3.8, 4) is 0 Å². The van der Waals surface area contributed by atoms with Gasteiger partial charge in [0.15, 0.2) is 0 Å². The summed E-state index contributed by atoms with van der Waals surface area (Å²) in [7, 11) is 0. The standard InChI is InChI=1S/C17H23FN2O3/c1-13(21)20(10-8-14-5-2-3-6-15(14)18)11-9-19-17(22)16-7-4-12-23-16/h2-3,5-6,16H,4,7-12H2,1H3,(H,19,22). The summed E-state index contributed by atoms with van der Waals surface area (Å²) in [6.45, 7) is 3.30. The molecule has 1 atom stereocenters. The van der Waals surface area contributed by atoms with Gasteiger partial charge in [-0.2, -0.15) is 0 Å². The highest BCUT2D eigenvalue weighted by Crippen LogP contribution is 2.11. The van der Waals surface area contributed by atoms with Gasteiger partial charge in [-0.15, -0.1) is 0 Å². The van der Waals surface area contributed by atoms with E-state index >= 15 is 0 Å². The maximum Gasteiger partial charge on any atom is 0.249 e. The highest BCUT2D eigenvalue weighted by atomic mass is 19.1. The van der Waals surface area contributed by atoms with Crippen LogP contribution >= 0.6 is 0 Å². The van der Waals surface area contributed by atoms with Crippen LogP contribution in [-0.4, -0.2) is 49.1 Å². The normalized spacial score (nSPS) is 17.0. The second-order valence-corrected chi connectivity index (χ2v) is 5.64. The zero-order chi connectivity index (χ0) is 16.7. The van der Waals surface area contributed by atoms with Crippen LogP contribution < -0.4 is 5.32 Å². The summed E-state index contributed by atoms with van der Waals surface area (Å²) in [6, 6.07) is 6.54. The molecular formula is C17H23FN2O3. The fourth-order valence-corrected chi connectivity index (χ4v) is 2.60. The van der Waals surface area contributed by atoms with Gasteiger partial charge in [-0.25, -0.2) is 4.39 Å². The fraction of sp³-hybridized carbons (Fsp3) is 0.529. The summed E-state index contributed by atoms with van der Waals surface area (Å²) in [4.78, 5) is 25.1. The van der Waals surface area contributed by atoms with Crippen LogP contribution in [-0.2, 0) is 20.7 Å². The van der Waals surface area contributed by atoms with Gasteiger partial charge >= 0.3 is 0 Å². The first-order valence-corrected chi connectivity index (χ1v) is 7.96. The van der Waals surface area contributed by atoms with Crippen LogP contribution in [0.1, 0.15) is 25.3 Å². The molecule has 0 aromatic heterocycles. The number of carbonyl (C=O) groups excluding carboxylic acids is 2. The van der Waals surface area contributed by atoms with E-state index in [0.29, 0.717) is 38.2 Å². The largest absolute Gasteiger partial charge is 0.368 e. The van der Waals surface area contributed by atoms with E-state index in [2.05, 4.69) is 5.32 Å². The van der Waals surface area contributed by atoms with Gasteiger partial charge in [0.2, 0.25) is 11.8 Å². The Bertz CT molecular complexity index is 544. The molecule has 2 rings (SSSR count). The van der Waals surface area contributed by atoms with Crippen LogP contribution in [0.3, 0.4) is 0 Å². The predicted molar refractivity (Wildman–Crippen MR) is 84.3 cm³/mol. The van der Waals surface area contributed by atoms with Crippen molar-refractivity contribution in [2.24, 2.45) is 0 Å². The highest BCUT2D eigenvalue weighted by molar-refractivity contribution is 5.81. The lowest BCUT2D eigenvalue weighted by Crippen LogP contribution is -2.41. The van der Waals surface area contributed by atoms with E-state index in [4.69, 9.17) is 4.74 Å². The van der Waals surface area contributed by atoms with Crippen molar-refractivity contribution >= 4 is 11.8 Å². The van der Waals surface area contributed by atoms with Crippen molar-refractivity contribution < 1.29 is 18.7 Å². The first kappa shape index (κ1) is 17.4. The Labute approximate surface area is 135 Å². The van der Waals surface area contributed by atoms with E-state index in [9.17, 15) is 14.0 Å². The third kappa shape index (κ3) is 5.32. The SMILES string of the molecule is CC(=O)N(CCNC(=O)C1CCCO1)CCc1ccccc1F. The summed E-state index contributed by atoms with van der Waals surface area (Å²) in [5, 5.41) is 2.79. The summed E-state index contributed by atoms with van der Waals surface area (Å²) in [5.41, 5.74) is 0.585. The van der Waals surface area contributed by atoms with Gasteiger partial charge in [0.25, 0.3) is 0 Å². The van der Waals surface area contributed by atoms with Crippen LogP contribution in [0.4, 0.5) is 4.39 Å². The average Bonchev–Trinajstić information content (AvgIpc) is 3.06. The molecule has 0 spiro atoms. The van der Waals surface area contributed by atoms with E-state index in [1.165, 1.54) is 13.0 Å². The second kappa shape index (κ2) is 8.62. The molecular weight excluding hydrogens is 299 g/mol. The molecule has 1 saturated heterocycles. The smallest absolute Gasteiger partial charge is 0.249 e. The Morgan fingerprint density at radius 2 is 2.13 bits per heavy atom. The monoisotopic (exact) mass is 322 g/mol. The van der Waals surface area contributed by atoms with Crippen molar-refractivity contribution in [2.45, 2.75) is 32.3 Å². The Morgan fingerprint density at radius 1 is 1.35 bits per heavy atom. The number of hydrogen-bond donors (Lipinski definition) is 1. The minimum Gasteiger partial charge on any atom is -0.368 e. The van der Waals surface area contributed by atoms with Crippen molar-refractivity contribution in [3.63, 3.8) is 0 Å². The predicted octanol–water partition coefficient (Wildman–Crippen LogP) is 1.51. The molecule has 0 aliphatic carbocycles. The summed E-state index contributed by atoms with van der Waals surface area (Å²) < 4.78 is 18.9. The lowest BCUT2D eigenvalue weighted by molar-refractivity contribution is -0.132. The number of halogens is 1. The molecule has 0 saturated carbocycles. The molecule has 2 amide bonds. The van der Waals surface area contributed by atoms with E-state index < -0.39 is 0 Å². The lowest BCUT2D eigenvalue weighted by Gasteiger charge is -2.22. The summed E-state index contributed by atoms with van der Waals surface area (Å²) >= 11 is 0. The molecule has 6 heteroatoms.